The Labute approximate surface area is 173 Å². The molecule has 0 saturated heterocycles. The second-order valence-electron chi connectivity index (χ2n) is 6.42. The largest absolute Gasteiger partial charge is 0.326 e. The lowest BCUT2D eigenvalue weighted by Gasteiger charge is -2.13. The molecule has 0 atom stereocenters. The van der Waals surface area contributed by atoms with Crippen molar-refractivity contribution in [3.8, 4) is 0 Å². The van der Waals surface area contributed by atoms with Crippen molar-refractivity contribution in [3.05, 3.63) is 88.7 Å². The Hall–Kier alpha value is -2.90. The predicted octanol–water partition coefficient (Wildman–Crippen LogP) is 4.77. The Bertz CT molecular complexity index is 1170. The first-order chi connectivity index (χ1) is 13.7. The highest BCUT2D eigenvalue weighted by Gasteiger charge is 2.19. The quantitative estimate of drug-likeness (QED) is 0.589. The number of carbonyl (C=O) groups is 1. The van der Waals surface area contributed by atoms with Gasteiger partial charge in [0.05, 0.1) is 22.0 Å². The molecule has 8 heteroatoms. The fourth-order valence-electron chi connectivity index (χ4n) is 2.75. The molecule has 0 radical (unpaired) electrons. The molecule has 3 aromatic carbocycles. The number of amides is 1. The van der Waals surface area contributed by atoms with E-state index in [9.17, 15) is 17.6 Å². The van der Waals surface area contributed by atoms with Crippen molar-refractivity contribution < 1.29 is 17.6 Å². The molecule has 0 unspecified atom stereocenters. The second kappa shape index (κ2) is 8.63. The van der Waals surface area contributed by atoms with E-state index in [1.807, 2.05) is 0 Å². The molecule has 3 aromatic rings. The van der Waals surface area contributed by atoms with Crippen molar-refractivity contribution in [2.24, 2.45) is 0 Å². The summed E-state index contributed by atoms with van der Waals surface area (Å²) in [5, 5.41) is 2.92. The average Bonchev–Trinajstić information content (AvgIpc) is 2.65. The normalized spacial score (nSPS) is 11.1. The van der Waals surface area contributed by atoms with Crippen LogP contribution in [-0.4, -0.2) is 14.3 Å². The summed E-state index contributed by atoms with van der Waals surface area (Å²) in [6.45, 7) is 1.65. The SMILES string of the molecule is Cc1ccc(NC(=O)Cc2cccc(F)c2)cc1S(=O)(=O)Nc1ccccc1Cl. The van der Waals surface area contributed by atoms with Crippen LogP contribution in [0.1, 0.15) is 11.1 Å². The first-order valence-electron chi connectivity index (χ1n) is 8.67. The van der Waals surface area contributed by atoms with Crippen molar-refractivity contribution in [2.45, 2.75) is 18.2 Å². The summed E-state index contributed by atoms with van der Waals surface area (Å²) in [7, 11) is -3.92. The van der Waals surface area contributed by atoms with E-state index in [0.29, 0.717) is 16.8 Å². The van der Waals surface area contributed by atoms with Gasteiger partial charge in [-0.2, -0.15) is 0 Å². The van der Waals surface area contributed by atoms with Crippen LogP contribution < -0.4 is 10.0 Å². The zero-order chi connectivity index (χ0) is 21.0. The Morgan fingerprint density at radius 2 is 1.79 bits per heavy atom. The van der Waals surface area contributed by atoms with E-state index in [0.717, 1.165) is 0 Å². The van der Waals surface area contributed by atoms with Gasteiger partial charge in [-0.3, -0.25) is 9.52 Å². The molecule has 0 aliphatic heterocycles. The topological polar surface area (TPSA) is 75.3 Å². The lowest BCUT2D eigenvalue weighted by molar-refractivity contribution is -0.115. The molecule has 2 N–H and O–H groups in total. The van der Waals surface area contributed by atoms with Crippen molar-refractivity contribution in [2.75, 3.05) is 10.0 Å². The number of hydrogen-bond acceptors (Lipinski definition) is 3. The first kappa shape index (κ1) is 20.8. The van der Waals surface area contributed by atoms with Gasteiger partial charge < -0.3 is 5.32 Å². The number of sulfonamides is 1. The molecule has 0 fully saturated rings. The number of anilines is 2. The summed E-state index contributed by atoms with van der Waals surface area (Å²) < 4.78 is 41.4. The third-order valence-corrected chi connectivity index (χ3v) is 5.97. The third kappa shape index (κ3) is 5.34. The fourth-order valence-corrected chi connectivity index (χ4v) is 4.34. The lowest BCUT2D eigenvalue weighted by atomic mass is 10.1. The number of hydrogen-bond donors (Lipinski definition) is 2. The van der Waals surface area contributed by atoms with Gasteiger partial charge in [0.25, 0.3) is 10.0 Å². The molecule has 0 saturated carbocycles. The van der Waals surface area contributed by atoms with Crippen LogP contribution in [0, 0.1) is 12.7 Å². The van der Waals surface area contributed by atoms with Gasteiger partial charge in [0.2, 0.25) is 5.91 Å². The number of carbonyl (C=O) groups excluding carboxylic acids is 1. The molecule has 29 heavy (non-hydrogen) atoms. The summed E-state index contributed by atoms with van der Waals surface area (Å²) in [5.41, 5.74) is 1.60. The van der Waals surface area contributed by atoms with E-state index in [4.69, 9.17) is 11.6 Å². The maximum atomic E-state index is 13.3. The molecule has 0 spiro atoms. The molecule has 0 heterocycles. The van der Waals surface area contributed by atoms with E-state index >= 15 is 0 Å². The summed E-state index contributed by atoms with van der Waals surface area (Å²) in [4.78, 5) is 12.3. The highest BCUT2D eigenvalue weighted by molar-refractivity contribution is 7.92. The van der Waals surface area contributed by atoms with E-state index in [-0.39, 0.29) is 27.9 Å². The molecule has 0 aliphatic rings. The van der Waals surface area contributed by atoms with Crippen LogP contribution in [0.3, 0.4) is 0 Å². The Morgan fingerprint density at radius 1 is 1.03 bits per heavy atom. The molecular formula is C21H18ClFN2O3S. The van der Waals surface area contributed by atoms with Gasteiger partial charge in [-0.15, -0.1) is 0 Å². The number of halogens is 2. The van der Waals surface area contributed by atoms with Crippen LogP contribution in [0.4, 0.5) is 15.8 Å². The number of rotatable bonds is 6. The summed E-state index contributed by atoms with van der Waals surface area (Å²) in [5.74, 6) is -0.813. The Morgan fingerprint density at radius 3 is 2.52 bits per heavy atom. The van der Waals surface area contributed by atoms with Crippen molar-refractivity contribution in [1.29, 1.82) is 0 Å². The Balaban J connectivity index is 1.80. The van der Waals surface area contributed by atoms with Gasteiger partial charge >= 0.3 is 0 Å². The molecule has 1 amide bonds. The van der Waals surface area contributed by atoms with Crippen LogP contribution in [0.15, 0.2) is 71.6 Å². The van der Waals surface area contributed by atoms with Crippen molar-refractivity contribution >= 4 is 38.9 Å². The molecule has 0 bridgehead atoms. The predicted molar refractivity (Wildman–Crippen MR) is 112 cm³/mol. The molecule has 0 aliphatic carbocycles. The standard InChI is InChI=1S/C21H18ClFN2O3S/c1-14-9-10-17(24-21(26)12-15-5-4-6-16(23)11-15)13-20(14)29(27,28)25-19-8-3-2-7-18(19)22/h2-11,13,25H,12H2,1H3,(H,24,26). The van der Waals surface area contributed by atoms with Crippen molar-refractivity contribution in [1.82, 2.24) is 0 Å². The molecule has 0 aromatic heterocycles. The van der Waals surface area contributed by atoms with E-state index in [1.165, 1.54) is 24.3 Å². The Kier molecular flexibility index (Phi) is 6.20. The summed E-state index contributed by atoms with van der Waals surface area (Å²) >= 11 is 6.04. The van der Waals surface area contributed by atoms with Gasteiger partial charge in [-0.25, -0.2) is 12.8 Å². The van der Waals surface area contributed by atoms with Gasteiger partial charge in [0.1, 0.15) is 5.82 Å². The lowest BCUT2D eigenvalue weighted by Crippen LogP contribution is -2.17. The minimum absolute atomic E-state index is 0.0148. The van der Waals surface area contributed by atoms with E-state index in [1.54, 1.807) is 49.4 Å². The van der Waals surface area contributed by atoms with Crippen LogP contribution in [0.2, 0.25) is 5.02 Å². The van der Waals surface area contributed by atoms with Gasteiger partial charge in [-0.1, -0.05) is 41.9 Å². The van der Waals surface area contributed by atoms with Gasteiger partial charge in [-0.05, 0) is 54.4 Å². The fraction of sp³-hybridized carbons (Fsp3) is 0.0952. The zero-order valence-corrected chi connectivity index (χ0v) is 17.0. The maximum Gasteiger partial charge on any atom is 0.262 e. The molecule has 5 nitrogen and oxygen atoms in total. The number of aryl methyl sites for hydroxylation is 1. The van der Waals surface area contributed by atoms with E-state index in [2.05, 4.69) is 10.0 Å². The number of nitrogens with one attached hydrogen (secondary N) is 2. The van der Waals surface area contributed by atoms with Crippen LogP contribution >= 0.6 is 11.6 Å². The average molecular weight is 433 g/mol. The van der Waals surface area contributed by atoms with Gasteiger partial charge in [0, 0.05) is 5.69 Å². The first-order valence-corrected chi connectivity index (χ1v) is 10.5. The van der Waals surface area contributed by atoms with Crippen molar-refractivity contribution in [3.63, 3.8) is 0 Å². The van der Waals surface area contributed by atoms with Crippen LogP contribution in [0.5, 0.6) is 0 Å². The summed E-state index contributed by atoms with van der Waals surface area (Å²) in [6, 6.07) is 16.8. The van der Waals surface area contributed by atoms with E-state index < -0.39 is 15.8 Å². The minimum atomic E-state index is -3.92. The molecular weight excluding hydrogens is 415 g/mol. The van der Waals surface area contributed by atoms with Crippen LogP contribution in [-0.2, 0) is 21.2 Å². The molecule has 3 rings (SSSR count). The van der Waals surface area contributed by atoms with Crippen LogP contribution in [0.25, 0.3) is 0 Å². The number of benzene rings is 3. The zero-order valence-electron chi connectivity index (χ0n) is 15.4. The monoisotopic (exact) mass is 432 g/mol. The van der Waals surface area contributed by atoms with Gasteiger partial charge in [0.15, 0.2) is 0 Å². The number of para-hydroxylation sites is 1. The third-order valence-electron chi connectivity index (χ3n) is 4.13. The molecule has 150 valence electrons. The highest BCUT2D eigenvalue weighted by Crippen LogP contribution is 2.27. The summed E-state index contributed by atoms with van der Waals surface area (Å²) in [6.07, 6.45) is -0.0361. The smallest absolute Gasteiger partial charge is 0.262 e. The highest BCUT2D eigenvalue weighted by atomic mass is 35.5. The minimum Gasteiger partial charge on any atom is -0.326 e. The maximum absolute atomic E-state index is 13.3. The second-order valence-corrected chi connectivity index (χ2v) is 8.48.